The number of halogens is 1. The lowest BCUT2D eigenvalue weighted by Gasteiger charge is -1.97. The molecule has 0 saturated carbocycles. The molecular formula is C9H16IN2O2P. The Labute approximate surface area is 105 Å². The smallest absolute Gasteiger partial charge is 0.341 e. The third-order valence-electron chi connectivity index (χ3n) is 1.48. The van der Waals surface area contributed by atoms with Gasteiger partial charge in [-0.1, -0.05) is 13.8 Å². The number of carbonyl (C=O) groups excluding carboxylic acids is 1. The molecule has 0 aliphatic carbocycles. The minimum atomic E-state index is -0.291. The standard InChI is InChI=1S/C7H10IN2O2P.C2H6/c1-3-12-7(11)6-4-10(13-8)9-5(6)2;1-2/h4,13H,3H2,1-2H3;1-2H3. The Hall–Kier alpha value is -0.160. The normalized spacial score (nSPS) is 9.93. The molecule has 0 amide bonds. The van der Waals surface area contributed by atoms with Gasteiger partial charge in [0.15, 0.2) is 0 Å². The van der Waals surface area contributed by atoms with Crippen LogP contribution >= 0.6 is 28.4 Å². The predicted molar refractivity (Wildman–Crippen MR) is 72.0 cm³/mol. The molecule has 0 fully saturated rings. The maximum absolute atomic E-state index is 11.3. The van der Waals surface area contributed by atoms with Gasteiger partial charge in [-0.25, -0.2) is 9.25 Å². The topological polar surface area (TPSA) is 44.1 Å². The molecule has 0 aromatic carbocycles. The zero-order valence-electron chi connectivity index (χ0n) is 9.37. The number of ether oxygens (including phenoxy) is 1. The number of hydrogen-bond donors (Lipinski definition) is 0. The predicted octanol–water partition coefficient (Wildman–Crippen LogP) is 3.19. The number of carbonyl (C=O) groups is 1. The Bertz CT molecular complexity index is 315. The van der Waals surface area contributed by atoms with Crippen molar-refractivity contribution in [2.24, 2.45) is 0 Å². The van der Waals surface area contributed by atoms with E-state index in [0.717, 1.165) is 5.69 Å². The van der Waals surface area contributed by atoms with Crippen molar-refractivity contribution in [3.8, 4) is 0 Å². The van der Waals surface area contributed by atoms with Gasteiger partial charge in [0.05, 0.1) is 18.7 Å². The Morgan fingerprint density at radius 2 is 2.27 bits per heavy atom. The summed E-state index contributed by atoms with van der Waals surface area (Å²) in [6.45, 7) is 7.99. The van der Waals surface area contributed by atoms with Crippen LogP contribution < -0.4 is 0 Å². The van der Waals surface area contributed by atoms with Crippen LogP contribution in [-0.4, -0.2) is 22.1 Å². The number of nitrogens with zero attached hydrogens (tertiary/aromatic N) is 2. The molecule has 0 radical (unpaired) electrons. The van der Waals surface area contributed by atoms with Crippen LogP contribution in [0.5, 0.6) is 0 Å². The molecular weight excluding hydrogens is 326 g/mol. The van der Waals surface area contributed by atoms with Gasteiger partial charge in [0, 0.05) is 6.20 Å². The molecule has 1 unspecified atom stereocenters. The Morgan fingerprint density at radius 1 is 1.67 bits per heavy atom. The van der Waals surface area contributed by atoms with E-state index in [-0.39, 0.29) is 5.97 Å². The van der Waals surface area contributed by atoms with Crippen molar-refractivity contribution in [1.29, 1.82) is 0 Å². The van der Waals surface area contributed by atoms with Crippen LogP contribution in [0.4, 0.5) is 0 Å². The summed E-state index contributed by atoms with van der Waals surface area (Å²) >= 11 is 2.20. The summed E-state index contributed by atoms with van der Waals surface area (Å²) in [6.07, 6.45) is 2.23. The first-order valence-electron chi connectivity index (χ1n) is 4.79. The summed E-state index contributed by atoms with van der Waals surface area (Å²) < 4.78 is 6.61. The second-order valence-corrected chi connectivity index (χ2v) is 4.45. The molecule has 0 aliphatic heterocycles. The van der Waals surface area contributed by atoms with Crippen molar-refractivity contribution in [1.82, 2.24) is 9.55 Å². The molecule has 0 bridgehead atoms. The van der Waals surface area contributed by atoms with Crippen LogP contribution in [0.25, 0.3) is 0 Å². The van der Waals surface area contributed by atoms with Gasteiger partial charge >= 0.3 is 5.97 Å². The molecule has 1 aromatic rings. The van der Waals surface area contributed by atoms with Gasteiger partial charge in [-0.2, -0.15) is 5.10 Å². The minimum absolute atomic E-state index is 0.291. The minimum Gasteiger partial charge on any atom is -0.462 e. The third-order valence-corrected chi connectivity index (χ3v) is 3.37. The first-order chi connectivity index (χ1) is 7.19. The Balaban J connectivity index is 0.000000921. The monoisotopic (exact) mass is 342 g/mol. The van der Waals surface area contributed by atoms with E-state index in [1.54, 1.807) is 24.5 Å². The summed E-state index contributed by atoms with van der Waals surface area (Å²) in [7, 11) is 0. The van der Waals surface area contributed by atoms with Gasteiger partial charge in [0.2, 0.25) is 0 Å². The molecule has 86 valence electrons. The van der Waals surface area contributed by atoms with Gasteiger partial charge in [0.25, 0.3) is 0 Å². The lowest BCUT2D eigenvalue weighted by molar-refractivity contribution is 0.0525. The number of esters is 1. The van der Waals surface area contributed by atoms with Crippen LogP contribution in [0, 0.1) is 6.92 Å². The number of aryl methyl sites for hydroxylation is 1. The fraction of sp³-hybridized carbons (Fsp3) is 0.556. The van der Waals surface area contributed by atoms with E-state index in [1.165, 1.54) is 0 Å². The van der Waals surface area contributed by atoms with Crippen molar-refractivity contribution in [2.45, 2.75) is 27.7 Å². The lowest BCUT2D eigenvalue weighted by atomic mass is 10.3. The van der Waals surface area contributed by atoms with Crippen molar-refractivity contribution >= 4 is 34.4 Å². The molecule has 0 aliphatic rings. The molecule has 1 aromatic heterocycles. The van der Waals surface area contributed by atoms with Crippen LogP contribution in [0.2, 0.25) is 0 Å². The van der Waals surface area contributed by atoms with Gasteiger partial charge < -0.3 is 4.74 Å². The number of aromatic nitrogens is 2. The maximum Gasteiger partial charge on any atom is 0.341 e. The average molecular weight is 342 g/mol. The molecule has 6 heteroatoms. The summed E-state index contributed by atoms with van der Waals surface area (Å²) in [5, 5.41) is 4.15. The highest BCUT2D eigenvalue weighted by Crippen LogP contribution is 2.24. The highest BCUT2D eigenvalue weighted by molar-refractivity contribution is 14.2. The molecule has 4 nitrogen and oxygen atoms in total. The number of rotatable bonds is 3. The third kappa shape index (κ3) is 4.47. The second-order valence-electron chi connectivity index (χ2n) is 2.38. The van der Waals surface area contributed by atoms with E-state index in [1.807, 2.05) is 13.8 Å². The van der Waals surface area contributed by atoms with E-state index in [0.29, 0.717) is 18.5 Å². The first kappa shape index (κ1) is 14.8. The Kier molecular flexibility index (Phi) is 7.96. The van der Waals surface area contributed by atoms with Crippen LogP contribution in [-0.2, 0) is 4.74 Å². The van der Waals surface area contributed by atoms with Gasteiger partial charge in [-0.05, 0) is 35.9 Å². The second kappa shape index (κ2) is 8.05. The van der Waals surface area contributed by atoms with Crippen molar-refractivity contribution in [2.75, 3.05) is 6.61 Å². The van der Waals surface area contributed by atoms with Crippen LogP contribution in [0.3, 0.4) is 0 Å². The SMILES string of the molecule is CC.CCOC(=O)c1cn(PI)nc1C. The van der Waals surface area contributed by atoms with Gasteiger partial charge in [-0.3, -0.25) is 0 Å². The summed E-state index contributed by atoms with van der Waals surface area (Å²) in [6, 6.07) is 0. The Morgan fingerprint density at radius 3 is 2.67 bits per heavy atom. The number of hydrogen-bond acceptors (Lipinski definition) is 3. The fourth-order valence-corrected chi connectivity index (χ4v) is 2.02. The van der Waals surface area contributed by atoms with Crippen LogP contribution in [0.1, 0.15) is 36.8 Å². The lowest BCUT2D eigenvalue weighted by Crippen LogP contribution is -2.04. The molecule has 0 N–H and O–H groups in total. The largest absolute Gasteiger partial charge is 0.462 e. The molecule has 1 atom stereocenters. The fourth-order valence-electron chi connectivity index (χ4n) is 0.913. The van der Waals surface area contributed by atoms with Crippen molar-refractivity contribution in [3.63, 3.8) is 0 Å². The van der Waals surface area contributed by atoms with E-state index < -0.39 is 0 Å². The zero-order valence-corrected chi connectivity index (χ0v) is 12.5. The van der Waals surface area contributed by atoms with Gasteiger partial charge in [0.1, 0.15) is 5.56 Å². The molecule has 15 heavy (non-hydrogen) atoms. The molecule has 0 spiro atoms. The average Bonchev–Trinajstić information content (AvgIpc) is 2.63. The van der Waals surface area contributed by atoms with Crippen molar-refractivity contribution < 1.29 is 9.53 Å². The summed E-state index contributed by atoms with van der Waals surface area (Å²) in [5.74, 6) is -0.291. The van der Waals surface area contributed by atoms with Gasteiger partial charge in [-0.15, -0.1) is 0 Å². The molecule has 0 saturated heterocycles. The molecule has 1 rings (SSSR count). The van der Waals surface area contributed by atoms with Crippen LogP contribution in [0.15, 0.2) is 6.20 Å². The summed E-state index contributed by atoms with van der Waals surface area (Å²) in [5.41, 5.74) is 1.29. The molecule has 1 heterocycles. The van der Waals surface area contributed by atoms with E-state index in [2.05, 4.69) is 27.1 Å². The van der Waals surface area contributed by atoms with E-state index in [9.17, 15) is 4.79 Å². The van der Waals surface area contributed by atoms with Crippen molar-refractivity contribution in [3.05, 3.63) is 17.5 Å². The van der Waals surface area contributed by atoms with E-state index >= 15 is 0 Å². The first-order valence-corrected chi connectivity index (χ1v) is 8.85. The van der Waals surface area contributed by atoms with E-state index in [4.69, 9.17) is 4.74 Å². The highest BCUT2D eigenvalue weighted by Gasteiger charge is 2.13. The zero-order chi connectivity index (χ0) is 11.8. The highest BCUT2D eigenvalue weighted by atomic mass is 127. The maximum atomic E-state index is 11.3. The summed E-state index contributed by atoms with van der Waals surface area (Å²) in [4.78, 5) is 11.3. The quantitative estimate of drug-likeness (QED) is 0.481.